The number of rotatable bonds is 8. The third-order valence-electron chi connectivity index (χ3n) is 2.74. The largest absolute Gasteiger partial charge is 0.497 e. The van der Waals surface area contributed by atoms with Crippen LogP contribution in [-0.4, -0.2) is 25.5 Å². The smallest absolute Gasteiger partial charge is 0.306 e. The van der Waals surface area contributed by atoms with Gasteiger partial charge in [0.2, 0.25) is 0 Å². The van der Waals surface area contributed by atoms with Gasteiger partial charge in [0.05, 0.1) is 20.1 Å². The molecule has 0 fully saturated rings. The average molecular weight is 264 g/mol. The summed E-state index contributed by atoms with van der Waals surface area (Å²) >= 11 is 0. The molecule has 0 saturated carbocycles. The van der Waals surface area contributed by atoms with Crippen LogP contribution in [-0.2, 0) is 20.7 Å². The molecule has 1 aromatic carbocycles. The highest BCUT2D eigenvalue weighted by molar-refractivity contribution is 5.83. The molecule has 0 heterocycles. The highest BCUT2D eigenvalue weighted by atomic mass is 16.5. The lowest BCUT2D eigenvalue weighted by atomic mass is 10.0. The number of ether oxygens (including phenoxy) is 2. The highest BCUT2D eigenvalue weighted by Gasteiger charge is 2.08. The summed E-state index contributed by atoms with van der Waals surface area (Å²) in [5, 5.41) is 0. The quantitative estimate of drug-likeness (QED) is 0.677. The van der Waals surface area contributed by atoms with Crippen LogP contribution < -0.4 is 4.74 Å². The number of ketones is 1. The van der Waals surface area contributed by atoms with Crippen LogP contribution in [0, 0.1) is 0 Å². The Morgan fingerprint density at radius 1 is 1.16 bits per heavy atom. The van der Waals surface area contributed by atoms with Gasteiger partial charge in [0.1, 0.15) is 11.5 Å². The summed E-state index contributed by atoms with van der Waals surface area (Å²) in [6, 6.07) is 7.64. The van der Waals surface area contributed by atoms with Crippen molar-refractivity contribution >= 4 is 11.8 Å². The fraction of sp³-hybridized carbons (Fsp3) is 0.467. The van der Waals surface area contributed by atoms with Crippen LogP contribution in [0.5, 0.6) is 5.75 Å². The van der Waals surface area contributed by atoms with E-state index in [9.17, 15) is 9.59 Å². The number of methoxy groups -OCH3 is 1. The summed E-state index contributed by atoms with van der Waals surface area (Å²) in [7, 11) is 1.61. The van der Waals surface area contributed by atoms with Gasteiger partial charge in [-0.15, -0.1) is 0 Å². The van der Waals surface area contributed by atoms with Gasteiger partial charge in [-0.3, -0.25) is 9.59 Å². The molecule has 0 unspecified atom stereocenters. The summed E-state index contributed by atoms with van der Waals surface area (Å²) in [6.07, 6.45) is 1.53. The van der Waals surface area contributed by atoms with E-state index in [1.54, 1.807) is 14.0 Å². The molecule has 104 valence electrons. The molecule has 0 spiro atoms. The van der Waals surface area contributed by atoms with Crippen LogP contribution in [0.15, 0.2) is 24.3 Å². The first-order valence-electron chi connectivity index (χ1n) is 6.46. The molecule has 0 bridgehead atoms. The summed E-state index contributed by atoms with van der Waals surface area (Å²) in [4.78, 5) is 22.8. The van der Waals surface area contributed by atoms with Crippen molar-refractivity contribution in [1.82, 2.24) is 0 Å². The Hall–Kier alpha value is -1.84. The second-order valence-corrected chi connectivity index (χ2v) is 4.20. The van der Waals surface area contributed by atoms with E-state index in [4.69, 9.17) is 9.47 Å². The molecule has 1 aromatic rings. The van der Waals surface area contributed by atoms with E-state index in [1.807, 2.05) is 24.3 Å². The Morgan fingerprint density at radius 2 is 1.95 bits per heavy atom. The van der Waals surface area contributed by atoms with Crippen molar-refractivity contribution in [2.24, 2.45) is 0 Å². The van der Waals surface area contributed by atoms with Crippen LogP contribution in [0.2, 0.25) is 0 Å². The van der Waals surface area contributed by atoms with E-state index in [0.29, 0.717) is 19.4 Å². The van der Waals surface area contributed by atoms with Gasteiger partial charge in [-0.1, -0.05) is 12.1 Å². The number of carbonyl (C=O) groups is 2. The lowest BCUT2D eigenvalue weighted by molar-refractivity contribution is -0.144. The second kappa shape index (κ2) is 8.29. The predicted octanol–water partition coefficient (Wildman–Crippen LogP) is 2.54. The number of benzene rings is 1. The molecule has 0 aliphatic carbocycles. The average Bonchev–Trinajstić information content (AvgIpc) is 2.43. The predicted molar refractivity (Wildman–Crippen MR) is 72.2 cm³/mol. The maximum Gasteiger partial charge on any atom is 0.306 e. The fourth-order valence-electron chi connectivity index (χ4n) is 1.71. The maximum absolute atomic E-state index is 11.6. The molecule has 0 atom stereocenters. The first-order valence-corrected chi connectivity index (χ1v) is 6.46. The first kappa shape index (κ1) is 15.2. The van der Waals surface area contributed by atoms with Gasteiger partial charge in [0.25, 0.3) is 0 Å². The van der Waals surface area contributed by atoms with Gasteiger partial charge >= 0.3 is 5.97 Å². The Kier molecular flexibility index (Phi) is 6.64. The zero-order chi connectivity index (χ0) is 14.1. The summed E-state index contributed by atoms with van der Waals surface area (Å²) < 4.78 is 9.90. The molecule has 0 aliphatic heterocycles. The molecule has 4 heteroatoms. The van der Waals surface area contributed by atoms with Crippen LogP contribution >= 0.6 is 0 Å². The maximum atomic E-state index is 11.6. The van der Waals surface area contributed by atoms with Crippen molar-refractivity contribution in [3.05, 3.63) is 29.8 Å². The molecule has 1 rings (SSSR count). The number of carbonyl (C=O) groups excluding carboxylic acids is 2. The van der Waals surface area contributed by atoms with Gasteiger partial charge in [-0.2, -0.15) is 0 Å². The van der Waals surface area contributed by atoms with Crippen molar-refractivity contribution in [2.75, 3.05) is 13.7 Å². The molecular weight excluding hydrogens is 244 g/mol. The Balaban J connectivity index is 2.31. The molecule has 0 aromatic heterocycles. The lowest BCUT2D eigenvalue weighted by Crippen LogP contribution is -2.08. The van der Waals surface area contributed by atoms with Gasteiger partial charge in [-0.25, -0.2) is 0 Å². The van der Waals surface area contributed by atoms with Crippen molar-refractivity contribution in [1.29, 1.82) is 0 Å². The van der Waals surface area contributed by atoms with Crippen molar-refractivity contribution in [2.45, 2.75) is 32.6 Å². The summed E-state index contributed by atoms with van der Waals surface area (Å²) in [6.45, 7) is 2.11. The third-order valence-corrected chi connectivity index (χ3v) is 2.74. The van der Waals surface area contributed by atoms with Gasteiger partial charge in [0.15, 0.2) is 0 Å². The number of aryl methyl sites for hydroxylation is 1. The Bertz CT molecular complexity index is 426. The minimum absolute atomic E-state index is 0.0795. The van der Waals surface area contributed by atoms with Crippen molar-refractivity contribution in [3.63, 3.8) is 0 Å². The van der Waals surface area contributed by atoms with E-state index in [2.05, 4.69) is 0 Å². The number of hydrogen-bond donors (Lipinski definition) is 0. The zero-order valence-electron chi connectivity index (χ0n) is 11.5. The zero-order valence-corrected chi connectivity index (χ0v) is 11.5. The highest BCUT2D eigenvalue weighted by Crippen LogP contribution is 2.14. The van der Waals surface area contributed by atoms with Crippen LogP contribution in [0.4, 0.5) is 0 Å². The monoisotopic (exact) mass is 264 g/mol. The number of hydrogen-bond acceptors (Lipinski definition) is 4. The van der Waals surface area contributed by atoms with E-state index >= 15 is 0 Å². The Labute approximate surface area is 113 Å². The SMILES string of the molecule is CCOC(=O)CCC(=O)CCc1cccc(OC)c1. The molecule has 0 amide bonds. The topological polar surface area (TPSA) is 52.6 Å². The van der Waals surface area contributed by atoms with Crippen LogP contribution in [0.3, 0.4) is 0 Å². The minimum Gasteiger partial charge on any atom is -0.497 e. The molecule has 0 radical (unpaired) electrons. The van der Waals surface area contributed by atoms with Crippen LogP contribution in [0.25, 0.3) is 0 Å². The summed E-state index contributed by atoms with van der Waals surface area (Å²) in [5.41, 5.74) is 1.06. The van der Waals surface area contributed by atoms with Gasteiger partial charge in [-0.05, 0) is 31.0 Å². The van der Waals surface area contributed by atoms with E-state index in [0.717, 1.165) is 11.3 Å². The van der Waals surface area contributed by atoms with E-state index < -0.39 is 0 Å². The van der Waals surface area contributed by atoms with Crippen molar-refractivity contribution < 1.29 is 19.1 Å². The third kappa shape index (κ3) is 6.04. The van der Waals surface area contributed by atoms with Gasteiger partial charge < -0.3 is 9.47 Å². The first-order chi connectivity index (χ1) is 9.15. The standard InChI is InChI=1S/C15H20O4/c1-3-19-15(17)10-9-13(16)8-7-12-5-4-6-14(11-12)18-2/h4-6,11H,3,7-10H2,1-2H3. The van der Waals surface area contributed by atoms with E-state index in [-0.39, 0.29) is 24.6 Å². The minimum atomic E-state index is -0.308. The Morgan fingerprint density at radius 3 is 2.63 bits per heavy atom. The molecule has 4 nitrogen and oxygen atoms in total. The number of esters is 1. The molecule has 19 heavy (non-hydrogen) atoms. The molecule has 0 N–H and O–H groups in total. The summed E-state index contributed by atoms with van der Waals surface area (Å²) in [5.74, 6) is 0.560. The lowest BCUT2D eigenvalue weighted by Gasteiger charge is -2.04. The van der Waals surface area contributed by atoms with Crippen LogP contribution in [0.1, 0.15) is 31.7 Å². The van der Waals surface area contributed by atoms with E-state index in [1.165, 1.54) is 0 Å². The molecule has 0 aliphatic rings. The normalized spacial score (nSPS) is 10.0. The fourth-order valence-corrected chi connectivity index (χ4v) is 1.71. The molecule has 0 saturated heterocycles. The second-order valence-electron chi connectivity index (χ2n) is 4.20. The van der Waals surface area contributed by atoms with Crippen molar-refractivity contribution in [3.8, 4) is 5.75 Å². The molecular formula is C15H20O4. The van der Waals surface area contributed by atoms with Gasteiger partial charge in [0, 0.05) is 12.8 Å². The number of Topliss-reactive ketones (excluding diaryl/α,β-unsaturated/α-hetero) is 1.